The maximum absolute atomic E-state index is 11.8. The van der Waals surface area contributed by atoms with Gasteiger partial charge < -0.3 is 25.7 Å². The van der Waals surface area contributed by atoms with E-state index in [4.69, 9.17) is 20.4 Å². The van der Waals surface area contributed by atoms with Crippen LogP contribution in [0.3, 0.4) is 0 Å². The molecule has 1 aromatic carbocycles. The SMILES string of the molecule is CC(C(=O)Nc1ccc2c(c1)OCCO2)C(N)=NO. The number of carbonyl (C=O) groups is 1. The molecule has 1 aliphatic heterocycles. The van der Waals surface area contributed by atoms with E-state index in [9.17, 15) is 4.79 Å². The molecular formula is C12H15N3O4. The topological polar surface area (TPSA) is 106 Å². The Morgan fingerprint density at radius 2 is 2.11 bits per heavy atom. The maximum atomic E-state index is 11.8. The molecule has 2 rings (SSSR count). The van der Waals surface area contributed by atoms with E-state index in [1.54, 1.807) is 25.1 Å². The molecule has 0 aromatic heterocycles. The lowest BCUT2D eigenvalue weighted by molar-refractivity contribution is -0.117. The van der Waals surface area contributed by atoms with Crippen molar-refractivity contribution in [2.45, 2.75) is 6.92 Å². The smallest absolute Gasteiger partial charge is 0.234 e. The van der Waals surface area contributed by atoms with E-state index >= 15 is 0 Å². The van der Waals surface area contributed by atoms with Gasteiger partial charge in [-0.15, -0.1) is 0 Å². The predicted molar refractivity (Wildman–Crippen MR) is 68.6 cm³/mol. The minimum atomic E-state index is -0.724. The number of anilines is 1. The average Bonchev–Trinajstić information content (AvgIpc) is 2.45. The summed E-state index contributed by atoms with van der Waals surface area (Å²) in [5, 5.41) is 14.0. The van der Waals surface area contributed by atoms with Gasteiger partial charge in [0.15, 0.2) is 17.3 Å². The zero-order valence-corrected chi connectivity index (χ0v) is 10.4. The van der Waals surface area contributed by atoms with Crippen molar-refractivity contribution in [1.29, 1.82) is 0 Å². The minimum absolute atomic E-state index is 0.143. The third-order valence-corrected chi connectivity index (χ3v) is 2.76. The highest BCUT2D eigenvalue weighted by atomic mass is 16.6. The van der Waals surface area contributed by atoms with Gasteiger partial charge in [-0.3, -0.25) is 4.79 Å². The summed E-state index contributed by atoms with van der Waals surface area (Å²) in [6, 6.07) is 5.09. The van der Waals surface area contributed by atoms with Crippen molar-refractivity contribution in [3.8, 4) is 11.5 Å². The molecular weight excluding hydrogens is 250 g/mol. The van der Waals surface area contributed by atoms with E-state index < -0.39 is 5.92 Å². The highest BCUT2D eigenvalue weighted by Crippen LogP contribution is 2.32. The van der Waals surface area contributed by atoms with Gasteiger partial charge in [0.25, 0.3) is 0 Å². The molecule has 0 fully saturated rings. The Bertz CT molecular complexity index is 516. The number of ether oxygens (including phenoxy) is 2. The zero-order chi connectivity index (χ0) is 13.8. The van der Waals surface area contributed by atoms with Gasteiger partial charge in [0.2, 0.25) is 5.91 Å². The molecule has 7 heteroatoms. The first-order valence-electron chi connectivity index (χ1n) is 5.79. The number of benzene rings is 1. The number of hydrogen-bond donors (Lipinski definition) is 3. The van der Waals surface area contributed by atoms with Gasteiger partial charge in [0.1, 0.15) is 13.2 Å². The summed E-state index contributed by atoms with van der Waals surface area (Å²) >= 11 is 0. The molecule has 102 valence electrons. The van der Waals surface area contributed by atoms with Gasteiger partial charge in [-0.2, -0.15) is 0 Å². The number of rotatable bonds is 3. The number of nitrogens with two attached hydrogens (primary N) is 1. The first-order chi connectivity index (χ1) is 9.11. The molecule has 1 heterocycles. The number of hydrogen-bond acceptors (Lipinski definition) is 5. The predicted octanol–water partition coefficient (Wildman–Crippen LogP) is 0.779. The fraction of sp³-hybridized carbons (Fsp3) is 0.333. The van der Waals surface area contributed by atoms with Crippen molar-refractivity contribution in [1.82, 2.24) is 0 Å². The molecule has 19 heavy (non-hydrogen) atoms. The van der Waals surface area contributed by atoms with Crippen LogP contribution in [0.5, 0.6) is 11.5 Å². The van der Waals surface area contributed by atoms with Crippen molar-refractivity contribution >= 4 is 17.4 Å². The molecule has 0 saturated heterocycles. The number of amides is 1. The minimum Gasteiger partial charge on any atom is -0.486 e. The van der Waals surface area contributed by atoms with E-state index in [1.807, 2.05) is 0 Å². The molecule has 0 bridgehead atoms. The average molecular weight is 265 g/mol. The molecule has 0 radical (unpaired) electrons. The Balaban J connectivity index is 2.09. The van der Waals surface area contributed by atoms with Gasteiger partial charge in [-0.1, -0.05) is 5.16 Å². The molecule has 0 saturated carbocycles. The fourth-order valence-corrected chi connectivity index (χ4v) is 1.59. The number of nitrogens with zero attached hydrogens (tertiary/aromatic N) is 1. The fourth-order valence-electron chi connectivity index (χ4n) is 1.59. The van der Waals surface area contributed by atoms with Crippen LogP contribution in [0.2, 0.25) is 0 Å². The normalized spacial score (nSPS) is 15.7. The third kappa shape index (κ3) is 2.87. The van der Waals surface area contributed by atoms with Crippen molar-refractivity contribution in [3.05, 3.63) is 18.2 Å². The van der Waals surface area contributed by atoms with Crippen LogP contribution in [-0.2, 0) is 4.79 Å². The van der Waals surface area contributed by atoms with E-state index in [-0.39, 0.29) is 11.7 Å². The summed E-state index contributed by atoms with van der Waals surface area (Å²) in [5.41, 5.74) is 5.94. The standard InChI is InChI=1S/C12H15N3O4/c1-7(11(13)15-17)12(16)14-8-2-3-9-10(6-8)19-5-4-18-9/h2-3,6-7,17H,4-5H2,1H3,(H2,13,15)(H,14,16). The number of carbonyl (C=O) groups excluding carboxylic acids is 1. The Morgan fingerprint density at radius 1 is 1.42 bits per heavy atom. The second kappa shape index (κ2) is 5.47. The number of amidine groups is 1. The Hall–Kier alpha value is -2.44. The van der Waals surface area contributed by atoms with E-state index in [1.165, 1.54) is 0 Å². The van der Waals surface area contributed by atoms with Crippen LogP contribution in [0.15, 0.2) is 23.4 Å². The molecule has 7 nitrogen and oxygen atoms in total. The van der Waals surface area contributed by atoms with Gasteiger partial charge >= 0.3 is 0 Å². The highest BCUT2D eigenvalue weighted by Gasteiger charge is 2.19. The van der Waals surface area contributed by atoms with Crippen molar-refractivity contribution < 1.29 is 19.5 Å². The van der Waals surface area contributed by atoms with Crippen LogP contribution in [-0.4, -0.2) is 30.2 Å². The monoisotopic (exact) mass is 265 g/mol. The second-order valence-corrected chi connectivity index (χ2v) is 4.09. The van der Waals surface area contributed by atoms with Gasteiger partial charge in [-0.25, -0.2) is 0 Å². The van der Waals surface area contributed by atoms with Crippen LogP contribution in [0.25, 0.3) is 0 Å². The van der Waals surface area contributed by atoms with Crippen LogP contribution >= 0.6 is 0 Å². The maximum Gasteiger partial charge on any atom is 0.234 e. The lowest BCUT2D eigenvalue weighted by Crippen LogP contribution is -2.32. The Kier molecular flexibility index (Phi) is 3.74. The second-order valence-electron chi connectivity index (χ2n) is 4.09. The van der Waals surface area contributed by atoms with Gasteiger partial charge in [0.05, 0.1) is 5.92 Å². The molecule has 1 unspecified atom stereocenters. The highest BCUT2D eigenvalue weighted by molar-refractivity contribution is 6.07. The molecule has 1 amide bonds. The first-order valence-corrected chi connectivity index (χ1v) is 5.79. The van der Waals surface area contributed by atoms with Crippen LogP contribution in [0.4, 0.5) is 5.69 Å². The summed E-state index contributed by atoms with van der Waals surface area (Å²) in [6.45, 7) is 2.53. The Morgan fingerprint density at radius 3 is 2.79 bits per heavy atom. The van der Waals surface area contributed by atoms with Gasteiger partial charge in [-0.05, 0) is 19.1 Å². The van der Waals surface area contributed by atoms with Crippen LogP contribution in [0, 0.1) is 5.92 Å². The lowest BCUT2D eigenvalue weighted by atomic mass is 10.1. The summed E-state index contributed by atoms with van der Waals surface area (Å²) in [6.07, 6.45) is 0. The largest absolute Gasteiger partial charge is 0.486 e. The number of oxime groups is 1. The molecule has 0 spiro atoms. The van der Waals surface area contributed by atoms with E-state index in [2.05, 4.69) is 10.5 Å². The summed E-state index contributed by atoms with van der Waals surface area (Å²) in [7, 11) is 0. The zero-order valence-electron chi connectivity index (χ0n) is 10.4. The molecule has 1 aliphatic rings. The van der Waals surface area contributed by atoms with E-state index in [0.717, 1.165) is 0 Å². The van der Waals surface area contributed by atoms with Crippen molar-refractivity contribution in [2.24, 2.45) is 16.8 Å². The van der Waals surface area contributed by atoms with E-state index in [0.29, 0.717) is 30.4 Å². The lowest BCUT2D eigenvalue weighted by Gasteiger charge is -2.19. The van der Waals surface area contributed by atoms with Crippen molar-refractivity contribution in [3.63, 3.8) is 0 Å². The first kappa shape index (κ1) is 13.0. The quantitative estimate of drug-likeness (QED) is 0.324. The summed E-state index contributed by atoms with van der Waals surface area (Å²) < 4.78 is 10.8. The number of nitrogens with one attached hydrogen (secondary N) is 1. The third-order valence-electron chi connectivity index (χ3n) is 2.76. The Labute approximate surface area is 110 Å². The summed E-state index contributed by atoms with van der Waals surface area (Å²) in [5.74, 6) is -0.00514. The molecule has 1 aromatic rings. The summed E-state index contributed by atoms with van der Waals surface area (Å²) in [4.78, 5) is 11.8. The van der Waals surface area contributed by atoms with Crippen molar-refractivity contribution in [2.75, 3.05) is 18.5 Å². The van der Waals surface area contributed by atoms with Gasteiger partial charge in [0, 0.05) is 11.8 Å². The van der Waals surface area contributed by atoms with Crippen LogP contribution in [0.1, 0.15) is 6.92 Å². The molecule has 4 N–H and O–H groups in total. The number of fused-ring (bicyclic) bond motifs is 1. The molecule has 1 atom stereocenters. The molecule has 0 aliphatic carbocycles. The van der Waals surface area contributed by atoms with Crippen LogP contribution < -0.4 is 20.5 Å².